The number of nitriles is 1. The lowest BCUT2D eigenvalue weighted by molar-refractivity contribution is -0.122. The van der Waals surface area contributed by atoms with E-state index >= 15 is 0 Å². The summed E-state index contributed by atoms with van der Waals surface area (Å²) in [7, 11) is 0. The molecule has 0 unspecified atom stereocenters. The molecule has 2 rings (SSSR count). The molecule has 2 aromatic rings. The van der Waals surface area contributed by atoms with E-state index in [9.17, 15) is 14.9 Å². The first-order valence-electron chi connectivity index (χ1n) is 7.21. The summed E-state index contributed by atoms with van der Waals surface area (Å²) in [6.45, 7) is 4.29. The number of aromatic nitrogens is 3. The van der Waals surface area contributed by atoms with E-state index in [1.54, 1.807) is 36.5 Å². The minimum atomic E-state index is -1.36. The van der Waals surface area contributed by atoms with Gasteiger partial charge in [-0.05, 0) is 18.1 Å². The summed E-state index contributed by atoms with van der Waals surface area (Å²) in [5, 5.41) is 19.4. The molecular formula is C16H17N5O2. The first-order chi connectivity index (χ1) is 11.0. The van der Waals surface area contributed by atoms with Gasteiger partial charge in [0.05, 0.1) is 24.2 Å². The Morgan fingerprint density at radius 1 is 1.39 bits per heavy atom. The molecule has 1 N–H and O–H groups in total. The second kappa shape index (κ2) is 7.31. The Labute approximate surface area is 133 Å². The maximum Gasteiger partial charge on any atom is 0.245 e. The number of ketones is 1. The molecule has 0 radical (unpaired) electrons. The lowest BCUT2D eigenvalue weighted by Crippen LogP contribution is -2.36. The van der Waals surface area contributed by atoms with Gasteiger partial charge >= 0.3 is 0 Å². The first kappa shape index (κ1) is 16.4. The van der Waals surface area contributed by atoms with Crippen molar-refractivity contribution < 1.29 is 9.59 Å². The highest BCUT2D eigenvalue weighted by atomic mass is 16.2. The highest BCUT2D eigenvalue weighted by molar-refractivity contribution is 6.12. The Bertz CT molecular complexity index is 731. The summed E-state index contributed by atoms with van der Waals surface area (Å²) in [6.07, 6.45) is 3.16. The van der Waals surface area contributed by atoms with Crippen LogP contribution < -0.4 is 5.32 Å². The summed E-state index contributed by atoms with van der Waals surface area (Å²) in [5.74, 6) is -2.23. The minimum Gasteiger partial charge on any atom is -0.354 e. The van der Waals surface area contributed by atoms with Crippen LogP contribution in [-0.4, -0.2) is 33.2 Å². The Morgan fingerprint density at radius 2 is 2.17 bits per heavy atom. The molecule has 0 aliphatic carbocycles. The molecule has 7 nitrogen and oxygen atoms in total. The van der Waals surface area contributed by atoms with Crippen molar-refractivity contribution in [1.82, 2.24) is 20.3 Å². The van der Waals surface area contributed by atoms with Crippen LogP contribution in [0.1, 0.15) is 24.2 Å². The second-order valence-corrected chi connectivity index (χ2v) is 5.46. The third-order valence-electron chi connectivity index (χ3n) is 3.16. The molecule has 0 spiro atoms. The van der Waals surface area contributed by atoms with Crippen LogP contribution in [0, 0.1) is 23.2 Å². The zero-order valence-corrected chi connectivity index (χ0v) is 12.9. The van der Waals surface area contributed by atoms with Crippen molar-refractivity contribution in [3.8, 4) is 11.8 Å². The topological polar surface area (TPSA) is 101 Å². The van der Waals surface area contributed by atoms with Gasteiger partial charge in [0, 0.05) is 12.1 Å². The van der Waals surface area contributed by atoms with Crippen LogP contribution in [0.25, 0.3) is 5.69 Å². The average molecular weight is 311 g/mol. The highest BCUT2D eigenvalue weighted by Gasteiger charge is 2.27. The van der Waals surface area contributed by atoms with E-state index in [2.05, 4.69) is 15.6 Å². The molecule has 1 amide bonds. The van der Waals surface area contributed by atoms with E-state index in [1.807, 2.05) is 13.8 Å². The van der Waals surface area contributed by atoms with E-state index in [-0.39, 0.29) is 11.5 Å². The number of nitrogens with one attached hydrogen (secondary N) is 1. The second-order valence-electron chi connectivity index (χ2n) is 5.46. The number of carbonyl (C=O) groups is 2. The quantitative estimate of drug-likeness (QED) is 0.641. The summed E-state index contributed by atoms with van der Waals surface area (Å²) in [5.41, 5.74) is 0.914. The first-order valence-corrected chi connectivity index (χ1v) is 7.21. The third kappa shape index (κ3) is 4.01. The smallest absolute Gasteiger partial charge is 0.245 e. The fourth-order valence-electron chi connectivity index (χ4n) is 1.96. The van der Waals surface area contributed by atoms with Crippen LogP contribution in [0.2, 0.25) is 0 Å². The van der Waals surface area contributed by atoms with Gasteiger partial charge in [0.1, 0.15) is 0 Å². The van der Waals surface area contributed by atoms with Crippen LogP contribution in [0.4, 0.5) is 0 Å². The number of carbonyl (C=O) groups excluding carboxylic acids is 2. The third-order valence-corrected chi connectivity index (χ3v) is 3.16. The van der Waals surface area contributed by atoms with E-state index < -0.39 is 17.6 Å². The van der Waals surface area contributed by atoms with Crippen LogP contribution >= 0.6 is 0 Å². The normalized spacial score (nSPS) is 11.7. The molecular weight excluding hydrogens is 294 g/mol. The number of rotatable bonds is 6. The number of Topliss-reactive ketones (excluding diaryl/α,β-unsaturated/α-hetero) is 1. The molecule has 7 heteroatoms. The van der Waals surface area contributed by atoms with Crippen molar-refractivity contribution >= 4 is 11.7 Å². The minimum absolute atomic E-state index is 0.240. The van der Waals surface area contributed by atoms with E-state index in [4.69, 9.17) is 0 Å². The zero-order chi connectivity index (χ0) is 16.8. The fourth-order valence-corrected chi connectivity index (χ4v) is 1.96. The lowest BCUT2D eigenvalue weighted by atomic mass is 9.97. The molecule has 23 heavy (non-hydrogen) atoms. The number of hydrogen-bond acceptors (Lipinski definition) is 5. The van der Waals surface area contributed by atoms with Crippen molar-refractivity contribution in [2.45, 2.75) is 13.8 Å². The van der Waals surface area contributed by atoms with Crippen molar-refractivity contribution in [3.05, 3.63) is 42.2 Å². The molecule has 118 valence electrons. The van der Waals surface area contributed by atoms with Gasteiger partial charge in [-0.2, -0.15) is 5.26 Å². The maximum absolute atomic E-state index is 12.5. The van der Waals surface area contributed by atoms with Crippen LogP contribution in [-0.2, 0) is 4.79 Å². The summed E-state index contributed by atoms with van der Waals surface area (Å²) in [6, 6.07) is 8.36. The molecule has 0 fully saturated rings. The Hall–Kier alpha value is -3.01. The molecule has 1 aromatic carbocycles. The zero-order valence-electron chi connectivity index (χ0n) is 12.9. The monoisotopic (exact) mass is 311 g/mol. The predicted molar refractivity (Wildman–Crippen MR) is 82.6 cm³/mol. The summed E-state index contributed by atoms with van der Waals surface area (Å²) >= 11 is 0. The van der Waals surface area contributed by atoms with Crippen molar-refractivity contribution in [1.29, 1.82) is 5.26 Å². The van der Waals surface area contributed by atoms with E-state index in [0.717, 1.165) is 0 Å². The summed E-state index contributed by atoms with van der Waals surface area (Å²) in [4.78, 5) is 24.5. The van der Waals surface area contributed by atoms with Crippen molar-refractivity contribution in [2.24, 2.45) is 11.8 Å². The molecule has 0 aliphatic rings. The summed E-state index contributed by atoms with van der Waals surface area (Å²) < 4.78 is 1.50. The van der Waals surface area contributed by atoms with Gasteiger partial charge in [-0.25, -0.2) is 4.68 Å². The van der Waals surface area contributed by atoms with Crippen LogP contribution in [0.3, 0.4) is 0 Å². The van der Waals surface area contributed by atoms with Gasteiger partial charge in [-0.3, -0.25) is 9.59 Å². The molecule has 0 saturated carbocycles. The van der Waals surface area contributed by atoms with Gasteiger partial charge in [0.15, 0.2) is 11.7 Å². The Kier molecular flexibility index (Phi) is 5.20. The van der Waals surface area contributed by atoms with Gasteiger partial charge in [0.2, 0.25) is 5.91 Å². The molecule has 1 atom stereocenters. The molecule has 0 bridgehead atoms. The van der Waals surface area contributed by atoms with Crippen molar-refractivity contribution in [2.75, 3.05) is 6.54 Å². The molecule has 0 aliphatic heterocycles. The van der Waals surface area contributed by atoms with Gasteiger partial charge in [-0.1, -0.05) is 31.2 Å². The average Bonchev–Trinajstić information content (AvgIpc) is 3.08. The van der Waals surface area contributed by atoms with Crippen LogP contribution in [0.5, 0.6) is 0 Å². The van der Waals surface area contributed by atoms with Crippen LogP contribution in [0.15, 0.2) is 36.7 Å². The molecule has 1 heterocycles. The predicted octanol–water partition coefficient (Wildman–Crippen LogP) is 1.36. The van der Waals surface area contributed by atoms with Gasteiger partial charge < -0.3 is 5.32 Å². The number of benzene rings is 1. The number of amides is 1. The standard InChI is InChI=1S/C16H17N5O2/c1-11(2)10-18-16(23)14(9-17)15(22)12-4-3-5-13(8-12)21-7-6-19-20-21/h3-8,11,14H,10H2,1-2H3,(H,18,23)/t14-/m0/s1. The molecule has 1 aromatic heterocycles. The molecule has 0 saturated heterocycles. The van der Waals surface area contributed by atoms with Gasteiger partial charge in [0.25, 0.3) is 0 Å². The highest BCUT2D eigenvalue weighted by Crippen LogP contribution is 2.14. The fraction of sp³-hybridized carbons (Fsp3) is 0.312. The Morgan fingerprint density at radius 3 is 2.78 bits per heavy atom. The SMILES string of the molecule is CC(C)CNC(=O)[C@@H](C#N)C(=O)c1cccc(-n2ccnn2)c1. The van der Waals surface area contributed by atoms with Crippen molar-refractivity contribution in [3.63, 3.8) is 0 Å². The number of nitrogens with zero attached hydrogens (tertiary/aromatic N) is 4. The van der Waals surface area contributed by atoms with E-state index in [1.165, 1.54) is 10.9 Å². The largest absolute Gasteiger partial charge is 0.354 e. The Balaban J connectivity index is 2.20. The maximum atomic E-state index is 12.5. The lowest BCUT2D eigenvalue weighted by Gasteiger charge is -2.11. The van der Waals surface area contributed by atoms with E-state index in [0.29, 0.717) is 12.2 Å². The van der Waals surface area contributed by atoms with Gasteiger partial charge in [-0.15, -0.1) is 5.10 Å². The number of hydrogen-bond donors (Lipinski definition) is 1.